The largest absolute Gasteiger partial charge is 1.00 e. The molecule has 0 N–H and O–H groups in total. The van der Waals surface area contributed by atoms with E-state index in [2.05, 4.69) is 119 Å². The third-order valence-electron chi connectivity index (χ3n) is 10.5. The van der Waals surface area contributed by atoms with Crippen LogP contribution in [0, 0.1) is 5.92 Å². The number of nitrogens with zero attached hydrogens (tertiary/aromatic N) is 4. The first-order valence-corrected chi connectivity index (χ1v) is 21.3. The predicted molar refractivity (Wildman–Crippen MR) is 222 cm³/mol. The zero-order valence-electron chi connectivity index (χ0n) is 37.1. The van der Waals surface area contributed by atoms with Crippen LogP contribution in [0.2, 0.25) is 0 Å². The molecule has 8 rings (SSSR count). The van der Waals surface area contributed by atoms with Crippen LogP contribution in [0.25, 0.3) is 22.3 Å². The van der Waals surface area contributed by atoms with Crippen molar-refractivity contribution >= 4 is 15.1 Å². The average molecular weight is 1110 g/mol. The minimum absolute atomic E-state index is 0. The first-order valence-electron chi connectivity index (χ1n) is 21.3. The summed E-state index contributed by atoms with van der Waals surface area (Å²) in [4.78, 5) is 0. The van der Waals surface area contributed by atoms with Gasteiger partial charge in [-0.3, -0.25) is 25.9 Å². The van der Waals surface area contributed by atoms with Crippen molar-refractivity contribution in [3.63, 3.8) is 0 Å². The Hall–Kier alpha value is -1.77. The average Bonchev–Trinajstić information content (AvgIpc) is 4.06. The number of aromatic nitrogens is 4. The normalized spacial score (nSPS) is 13.8. The third kappa shape index (κ3) is 37.1. The number of halogens is 10. The Morgan fingerprint density at radius 2 is 0.635 bits per heavy atom. The second-order valence-electron chi connectivity index (χ2n) is 15.2. The van der Waals surface area contributed by atoms with E-state index in [1.165, 1.54) is 151 Å². The summed E-state index contributed by atoms with van der Waals surface area (Å²) < 4.78 is 66.6. The van der Waals surface area contributed by atoms with Gasteiger partial charge in [-0.2, -0.15) is 0 Å². The second kappa shape index (κ2) is 45.4. The van der Waals surface area contributed by atoms with E-state index in [4.69, 9.17) is 0 Å². The molecule has 0 spiro atoms. The van der Waals surface area contributed by atoms with E-state index in [1.54, 1.807) is 0 Å². The predicted octanol–water partition coefficient (Wildman–Crippen LogP) is -0.237. The summed E-state index contributed by atoms with van der Waals surface area (Å²) in [5.41, 5.74) is 5.10. The van der Waals surface area contributed by atoms with E-state index in [0.29, 0.717) is 0 Å². The monoisotopic (exact) mass is 1110 g/mol. The van der Waals surface area contributed by atoms with Crippen LogP contribution in [0.4, 0.5) is 25.9 Å². The maximum absolute atomic E-state index is 9.67. The maximum Gasteiger partial charge on any atom is 0.762 e. The fourth-order valence-electron chi connectivity index (χ4n) is 7.16. The van der Waals surface area contributed by atoms with Crippen molar-refractivity contribution in [2.45, 2.75) is 142 Å². The van der Waals surface area contributed by atoms with Crippen LogP contribution in [0.15, 0.2) is 98.1 Å². The Balaban J connectivity index is -0.000000226. The van der Waals surface area contributed by atoms with Crippen molar-refractivity contribution in [1.82, 2.24) is 0 Å². The van der Waals surface area contributed by atoms with Gasteiger partial charge in [0, 0.05) is 88.6 Å². The first kappa shape index (κ1) is 70.3. The summed E-state index contributed by atoms with van der Waals surface area (Å²) in [5.74, 6) is 0.895. The van der Waals surface area contributed by atoms with Crippen molar-refractivity contribution in [3.05, 3.63) is 98.1 Å². The zero-order chi connectivity index (χ0) is 41.5. The summed E-state index contributed by atoms with van der Waals surface area (Å²) >= 11 is 0. The molecule has 360 valence electrons. The fraction of sp³-hybridized carbons (Fsp3) is 0.556. The van der Waals surface area contributed by atoms with Gasteiger partial charge in [0.05, 0.1) is 0 Å². The molecule has 4 saturated carbocycles. The topological polar surface area (TPSA) is 15.5 Å². The van der Waals surface area contributed by atoms with Gasteiger partial charge >= 0.3 is 15.1 Å². The van der Waals surface area contributed by atoms with Gasteiger partial charge in [-0.1, -0.05) is 109 Å². The van der Waals surface area contributed by atoms with Crippen LogP contribution in [0.1, 0.15) is 129 Å². The number of pyridine rings is 4. The molecule has 0 saturated heterocycles. The second-order valence-corrected chi connectivity index (χ2v) is 15.2. The van der Waals surface area contributed by atoms with Crippen LogP contribution in [-0.4, -0.2) is 15.1 Å². The van der Waals surface area contributed by atoms with Crippen LogP contribution in [-0.2, 0) is 61.3 Å². The molecule has 4 heterocycles. The molecule has 0 bridgehead atoms. The van der Waals surface area contributed by atoms with Crippen molar-refractivity contribution in [3.8, 4) is 22.3 Å². The third-order valence-corrected chi connectivity index (χ3v) is 10.5. The molecule has 4 aliphatic rings. The summed E-state index contributed by atoms with van der Waals surface area (Å²) in [5, 5.41) is 0. The van der Waals surface area contributed by atoms with Gasteiger partial charge in [0.2, 0.25) is 0 Å². The van der Waals surface area contributed by atoms with Crippen molar-refractivity contribution in [1.29, 1.82) is 0 Å². The molecule has 4 nitrogen and oxygen atoms in total. The number of aryl methyl sites for hydroxylation is 3. The smallest absolute Gasteiger partial charge is 0.762 e. The minimum Gasteiger partial charge on any atom is -1.00 e. The van der Waals surface area contributed by atoms with Crippen molar-refractivity contribution in [2.24, 2.45) is 20.0 Å². The van der Waals surface area contributed by atoms with E-state index in [0.717, 1.165) is 12.5 Å². The molecule has 4 fully saturated rings. The summed E-state index contributed by atoms with van der Waals surface area (Å²) in [7, 11) is -3.26. The zero-order valence-corrected chi connectivity index (χ0v) is 42.2. The fourth-order valence-corrected chi connectivity index (χ4v) is 7.16. The summed E-state index contributed by atoms with van der Waals surface area (Å²) in [6.45, 7) is 4.34. The van der Waals surface area contributed by atoms with Crippen LogP contribution >= 0.6 is 0 Å². The Kier molecular flexibility index (Phi) is 50.6. The maximum atomic E-state index is 9.67. The molecule has 4 aliphatic carbocycles. The molecule has 0 amide bonds. The van der Waals surface area contributed by atoms with E-state index in [1.807, 2.05) is 18.7 Å². The molecular formula is C45H68B2ClF8Fe2IN4. The van der Waals surface area contributed by atoms with Gasteiger partial charge in [-0.05, 0) is 42.0 Å². The molecule has 0 unspecified atom stereocenters. The standard InChI is InChI=1S/C17H22N2.C13H16N2.3C5H10.2BF3.ClH.2FH.2Fe.HI/c1-18-10-6-16(7-11-18)17-8-12-19(13-9-17)14-15-4-2-3-5-15;1-3-15-10-6-13(7-11-15)12-4-8-14(2)9-5-12;3*1-2-4-5-3-1;2*2-1(3)4;;;;;;/h6-13,15H,2-5,14H2,1H3;4-11H,3H2,1-2H3;3*1-5H2;;;3*1H;;;1H/q2*+2;;;;;;;;;;;/p-4. The van der Waals surface area contributed by atoms with Gasteiger partial charge < -0.3 is 45.8 Å². The number of rotatable bonds is 5. The van der Waals surface area contributed by atoms with E-state index >= 15 is 0 Å². The first-order chi connectivity index (χ1) is 27.6. The quantitative estimate of drug-likeness (QED) is 0.114. The summed E-state index contributed by atoms with van der Waals surface area (Å²) in [6.07, 6.45) is 45.1. The molecule has 4 aromatic heterocycles. The van der Waals surface area contributed by atoms with Crippen molar-refractivity contribution < 1.29 is 124 Å². The Morgan fingerprint density at radius 1 is 0.429 bits per heavy atom. The van der Waals surface area contributed by atoms with Crippen LogP contribution in [0.3, 0.4) is 0 Å². The van der Waals surface area contributed by atoms with E-state index in [9.17, 15) is 25.9 Å². The number of hydrogen-bond donors (Lipinski definition) is 0. The molecule has 4 aromatic rings. The van der Waals surface area contributed by atoms with Gasteiger partial charge in [-0.25, -0.2) is 18.3 Å². The molecule has 0 radical (unpaired) electrons. The molecular weight excluding hydrogens is 1040 g/mol. The molecule has 63 heavy (non-hydrogen) atoms. The Morgan fingerprint density at radius 3 is 0.857 bits per heavy atom. The van der Waals surface area contributed by atoms with Crippen LogP contribution < -0.4 is 64.1 Å². The summed E-state index contributed by atoms with van der Waals surface area (Å²) in [6, 6.07) is 17.3. The van der Waals surface area contributed by atoms with Gasteiger partial charge in [-0.15, -0.1) is 0 Å². The number of hydrogen-bond acceptors (Lipinski definition) is 0. The van der Waals surface area contributed by atoms with Crippen LogP contribution in [0.5, 0.6) is 0 Å². The minimum atomic E-state index is -3.67. The molecule has 0 aromatic carbocycles. The Labute approximate surface area is 418 Å². The van der Waals surface area contributed by atoms with Gasteiger partial charge in [0.25, 0.3) is 0 Å². The van der Waals surface area contributed by atoms with Crippen molar-refractivity contribution in [2.75, 3.05) is 0 Å². The van der Waals surface area contributed by atoms with E-state index < -0.39 is 15.1 Å². The van der Waals surface area contributed by atoms with E-state index in [-0.39, 0.29) is 79.9 Å². The SMILES string of the molecule is C1CCCC1.C1CCCC1.C1CCCC1.CC[n+]1ccc(-c2cc[n+](C)cc2)cc1.C[n+]1ccc(-c2cc[n+](CC3CCCC3)cc2)cc1.FB(F)F.FB(F)F.[Cl-].[F-].[F-].[Fe].[Fe].[I-]. The van der Waals surface area contributed by atoms with Gasteiger partial charge in [0.1, 0.15) is 20.6 Å². The molecule has 0 atom stereocenters. The molecule has 0 aliphatic heterocycles. The van der Waals surface area contributed by atoms with Gasteiger partial charge in [0.15, 0.2) is 56.1 Å². The molecule has 18 heteroatoms. The Bertz CT molecular complexity index is 1490.